The molecule has 0 rings (SSSR count). The number of rotatable bonds is 77. The van der Waals surface area contributed by atoms with Crippen molar-refractivity contribution in [2.45, 2.75) is 341 Å². The minimum Gasteiger partial charge on any atom is -0.462 e. The third-order valence-electron chi connectivity index (χ3n) is 17.0. The highest BCUT2D eigenvalue weighted by Crippen LogP contribution is 2.45. The van der Waals surface area contributed by atoms with Crippen LogP contribution in [-0.4, -0.2) is 96.7 Å². The number of carbonyl (C=O) groups is 4. The summed E-state index contributed by atoms with van der Waals surface area (Å²) in [6.07, 6.45) is 93.8. The van der Waals surface area contributed by atoms with Crippen molar-refractivity contribution in [2.75, 3.05) is 39.6 Å². The molecule has 17 nitrogen and oxygen atoms in total. The van der Waals surface area contributed by atoms with E-state index < -0.39 is 97.5 Å². The van der Waals surface area contributed by atoms with E-state index in [4.69, 9.17) is 37.0 Å². The molecule has 0 aliphatic rings. The number of aliphatic hydroxyl groups excluding tert-OH is 1. The highest BCUT2D eigenvalue weighted by atomic mass is 31.2. The molecule has 0 saturated carbocycles. The number of phosphoric ester groups is 2. The van der Waals surface area contributed by atoms with E-state index in [1.807, 2.05) is 30.4 Å². The highest BCUT2D eigenvalue weighted by Gasteiger charge is 2.30. The second-order valence-electron chi connectivity index (χ2n) is 27.3. The summed E-state index contributed by atoms with van der Waals surface area (Å²) in [4.78, 5) is 73.1. The maximum Gasteiger partial charge on any atom is 0.472 e. The van der Waals surface area contributed by atoms with Crippen LogP contribution in [0.5, 0.6) is 0 Å². The lowest BCUT2D eigenvalue weighted by atomic mass is 10.1. The number of allylic oxidation sites excluding steroid dienone is 26. The van der Waals surface area contributed by atoms with E-state index in [1.54, 1.807) is 0 Å². The average molecular weight is 1550 g/mol. The third-order valence-corrected chi connectivity index (χ3v) is 18.9. The van der Waals surface area contributed by atoms with Gasteiger partial charge < -0.3 is 33.8 Å². The number of hydrogen-bond donors (Lipinski definition) is 3. The van der Waals surface area contributed by atoms with Crippen LogP contribution in [0.25, 0.3) is 0 Å². The number of phosphoric acid groups is 2. The minimum atomic E-state index is -5.01. The van der Waals surface area contributed by atoms with Gasteiger partial charge in [0.15, 0.2) is 12.2 Å². The van der Waals surface area contributed by atoms with E-state index in [-0.39, 0.29) is 25.7 Å². The first-order chi connectivity index (χ1) is 52.7. The Morgan fingerprint density at radius 1 is 0.269 bits per heavy atom. The molecule has 0 radical (unpaired) electrons. The molecule has 19 heteroatoms. The Morgan fingerprint density at radius 2 is 0.500 bits per heavy atom. The fourth-order valence-corrected chi connectivity index (χ4v) is 12.2. The summed E-state index contributed by atoms with van der Waals surface area (Å²) in [5.74, 6) is -2.38. The topological polar surface area (TPSA) is 237 Å². The molecule has 0 aliphatic carbocycles. The Kier molecular flexibility index (Phi) is 75.8. The van der Waals surface area contributed by atoms with Crippen LogP contribution in [0, 0.1) is 0 Å². The molecular weight excluding hydrogens is 1400 g/mol. The smallest absolute Gasteiger partial charge is 0.462 e. The summed E-state index contributed by atoms with van der Waals surface area (Å²) in [6, 6.07) is 0. The van der Waals surface area contributed by atoms with Gasteiger partial charge in [-0.2, -0.15) is 0 Å². The SMILES string of the molecule is CC/C=C\C/C=C\C/C=C\C/C=C\C/C=C\C/C=C\CCC(=O)OC[C@H](COP(=O)(O)OC[C@@H](O)COP(=O)(O)OC[C@@H](COC(=O)CC/C=C\C/C=C\C/C=C\C/C=C\C/C=C\CCCCC)OC(=O)CCCCCCCCC/C=C\CCCCCC)OC(=O)CCCCCCCCC/C=C\CCCCCC. The lowest BCUT2D eigenvalue weighted by molar-refractivity contribution is -0.161. The maximum atomic E-state index is 13.1. The summed E-state index contributed by atoms with van der Waals surface area (Å²) in [5.41, 5.74) is 0. The molecule has 0 saturated heterocycles. The number of aliphatic hydroxyl groups is 1. The van der Waals surface area contributed by atoms with Crippen molar-refractivity contribution in [1.29, 1.82) is 0 Å². The first kappa shape index (κ1) is 103. The molecule has 5 atom stereocenters. The van der Waals surface area contributed by atoms with E-state index in [9.17, 15) is 43.2 Å². The van der Waals surface area contributed by atoms with Gasteiger partial charge in [0.2, 0.25) is 0 Å². The molecule has 2 unspecified atom stereocenters. The zero-order valence-electron chi connectivity index (χ0n) is 67.5. The van der Waals surface area contributed by atoms with Gasteiger partial charge in [0.1, 0.15) is 19.3 Å². The number of unbranched alkanes of at least 4 members (excludes halogenated alkanes) is 25. The summed E-state index contributed by atoms with van der Waals surface area (Å²) < 4.78 is 68.6. The van der Waals surface area contributed by atoms with Gasteiger partial charge in [-0.1, -0.05) is 301 Å². The largest absolute Gasteiger partial charge is 0.472 e. The standard InChI is InChI=1S/C89H148O17P2/c1-5-9-13-17-21-25-29-33-37-39-41-43-47-49-53-57-61-65-69-73-86(91)99-79-84(105-88(93)75-71-67-63-59-55-51-45-35-31-27-23-19-15-11-7-3)81-103-107(95,96)101-77-83(90)78-102-108(97,98)104-82-85(106-89(94)76-72-68-64-60-56-52-46-36-32-28-24-20-16-12-8-4)80-100-87(92)74-70-66-62-58-54-50-48-44-42-40-38-34-30-26-22-18-14-10-6-2/h9,13,21-22,25-28,31-34,37-38,41-44,49-50,53-54,61-62,65-66,83-85,90H,5-8,10-12,14-20,23-24,29-30,35-36,39-40,45-48,51-52,55-60,63-64,67-82H2,1-4H3,(H,95,96)(H,97,98)/b13-9-,25-21-,26-22-,31-27-,32-28-,37-33-,38-34-,43-41-,44-42-,53-49-,54-50-,65-61-,66-62-/t83-,84-,85-/m1/s1. The van der Waals surface area contributed by atoms with E-state index in [1.165, 1.54) is 70.6 Å². The van der Waals surface area contributed by atoms with Gasteiger partial charge in [0.05, 0.1) is 26.4 Å². The van der Waals surface area contributed by atoms with Crippen LogP contribution in [0.4, 0.5) is 0 Å². The molecule has 0 aromatic heterocycles. The molecule has 0 fully saturated rings. The average Bonchev–Trinajstić information content (AvgIpc) is 0.923. The molecule has 0 heterocycles. The van der Waals surface area contributed by atoms with Crippen molar-refractivity contribution >= 4 is 39.5 Å². The quantitative estimate of drug-likeness (QED) is 0.0169. The lowest BCUT2D eigenvalue weighted by Gasteiger charge is -2.21. The van der Waals surface area contributed by atoms with Crippen molar-refractivity contribution in [1.82, 2.24) is 0 Å². The molecule has 0 aromatic carbocycles. The highest BCUT2D eigenvalue weighted by molar-refractivity contribution is 7.47. The second-order valence-corrected chi connectivity index (χ2v) is 30.2. The van der Waals surface area contributed by atoms with E-state index in [2.05, 4.69) is 155 Å². The van der Waals surface area contributed by atoms with E-state index in [0.717, 1.165) is 161 Å². The van der Waals surface area contributed by atoms with Gasteiger partial charge in [-0.15, -0.1) is 0 Å². The van der Waals surface area contributed by atoms with Crippen molar-refractivity contribution in [3.8, 4) is 0 Å². The zero-order chi connectivity index (χ0) is 78.9. The van der Waals surface area contributed by atoms with E-state index in [0.29, 0.717) is 38.5 Å². The predicted octanol–water partition coefficient (Wildman–Crippen LogP) is 24.8. The van der Waals surface area contributed by atoms with Gasteiger partial charge >= 0.3 is 39.5 Å². The van der Waals surface area contributed by atoms with Crippen LogP contribution in [0.1, 0.15) is 323 Å². The maximum absolute atomic E-state index is 13.1. The van der Waals surface area contributed by atoms with Crippen LogP contribution in [0.3, 0.4) is 0 Å². The van der Waals surface area contributed by atoms with Crippen molar-refractivity contribution in [3.63, 3.8) is 0 Å². The fraction of sp³-hybridized carbons (Fsp3) is 0.663. The predicted molar refractivity (Wildman–Crippen MR) is 445 cm³/mol. The van der Waals surface area contributed by atoms with Crippen LogP contribution in [0.15, 0.2) is 158 Å². The molecule has 0 aromatic rings. The van der Waals surface area contributed by atoms with Gasteiger partial charge in [-0.05, 0) is 154 Å². The summed E-state index contributed by atoms with van der Waals surface area (Å²) in [5, 5.41) is 10.7. The van der Waals surface area contributed by atoms with Crippen LogP contribution < -0.4 is 0 Å². The molecule has 0 aliphatic heterocycles. The van der Waals surface area contributed by atoms with Crippen LogP contribution in [-0.2, 0) is 65.4 Å². The normalized spacial score (nSPS) is 14.6. The molecule has 616 valence electrons. The van der Waals surface area contributed by atoms with Gasteiger partial charge in [-0.25, -0.2) is 9.13 Å². The second kappa shape index (κ2) is 79.8. The van der Waals surface area contributed by atoms with Gasteiger partial charge in [0.25, 0.3) is 0 Å². The molecule has 0 bridgehead atoms. The third kappa shape index (κ3) is 78.8. The van der Waals surface area contributed by atoms with Crippen LogP contribution >= 0.6 is 15.6 Å². The fourth-order valence-electron chi connectivity index (χ4n) is 10.6. The Morgan fingerprint density at radius 3 is 0.806 bits per heavy atom. The Hall–Kier alpha value is -5.32. The summed E-state index contributed by atoms with van der Waals surface area (Å²) in [7, 11) is -10.0. The zero-order valence-corrected chi connectivity index (χ0v) is 69.3. The minimum absolute atomic E-state index is 0.0301. The molecule has 108 heavy (non-hydrogen) atoms. The van der Waals surface area contributed by atoms with Crippen molar-refractivity contribution in [2.24, 2.45) is 0 Å². The Bertz CT molecular complexity index is 2660. The first-order valence-electron chi connectivity index (χ1n) is 41.7. The lowest BCUT2D eigenvalue weighted by Crippen LogP contribution is -2.30. The summed E-state index contributed by atoms with van der Waals surface area (Å²) >= 11 is 0. The van der Waals surface area contributed by atoms with Crippen molar-refractivity contribution in [3.05, 3.63) is 158 Å². The number of carbonyl (C=O) groups excluding carboxylic acids is 4. The van der Waals surface area contributed by atoms with Gasteiger partial charge in [0, 0.05) is 25.7 Å². The van der Waals surface area contributed by atoms with Crippen molar-refractivity contribution < 1.29 is 80.2 Å². The summed E-state index contributed by atoms with van der Waals surface area (Å²) in [6.45, 7) is 4.54. The first-order valence-corrected chi connectivity index (χ1v) is 44.7. The molecule has 0 spiro atoms. The molecule has 3 N–H and O–H groups in total. The monoisotopic (exact) mass is 1550 g/mol. The van der Waals surface area contributed by atoms with E-state index >= 15 is 0 Å². The number of ether oxygens (including phenoxy) is 4. The Balaban J connectivity index is 5.50. The molecular formula is C89H148O17P2. The number of hydrogen-bond acceptors (Lipinski definition) is 15. The van der Waals surface area contributed by atoms with Gasteiger partial charge in [-0.3, -0.25) is 37.3 Å². The Labute approximate surface area is 655 Å². The molecule has 0 amide bonds. The number of esters is 4. The van der Waals surface area contributed by atoms with Crippen LogP contribution in [0.2, 0.25) is 0 Å².